The monoisotopic (exact) mass is 966 g/mol. The zero-order valence-corrected chi connectivity index (χ0v) is 42.5. The number of hydrogen-bond donors (Lipinski definition) is 2. The fraction of sp³-hybridized carbons (Fsp3) is 0.731. The Bertz CT molecular complexity index is 2020. The van der Waals surface area contributed by atoms with Gasteiger partial charge in [0.2, 0.25) is 5.79 Å². The third-order valence-electron chi connectivity index (χ3n) is 15.1. The molecule has 2 bridgehead atoms. The molecule has 2 N–H and O–H groups in total. The van der Waals surface area contributed by atoms with Crippen LogP contribution in [0.25, 0.3) is 0 Å². The van der Waals surface area contributed by atoms with E-state index < -0.39 is 77.8 Å². The predicted molar refractivity (Wildman–Crippen MR) is 256 cm³/mol. The summed E-state index contributed by atoms with van der Waals surface area (Å²) in [6.45, 7) is 12.8. The summed E-state index contributed by atoms with van der Waals surface area (Å²) >= 11 is 0. The first-order chi connectivity index (χ1) is 32.8. The van der Waals surface area contributed by atoms with Crippen molar-refractivity contribution in [1.82, 2.24) is 25.1 Å². The molecule has 5 unspecified atom stereocenters. The van der Waals surface area contributed by atoms with Crippen LogP contribution in [-0.2, 0) is 47.7 Å². The van der Waals surface area contributed by atoms with Crippen LogP contribution in [0.15, 0.2) is 53.9 Å². The van der Waals surface area contributed by atoms with Crippen molar-refractivity contribution in [3.63, 3.8) is 0 Å². The van der Waals surface area contributed by atoms with Gasteiger partial charge in [0.15, 0.2) is 12.1 Å². The van der Waals surface area contributed by atoms with Crippen molar-refractivity contribution in [2.75, 3.05) is 27.9 Å². The van der Waals surface area contributed by atoms with Crippen LogP contribution in [0.5, 0.6) is 0 Å². The lowest BCUT2D eigenvalue weighted by molar-refractivity contribution is -0.265. The highest BCUT2D eigenvalue weighted by atomic mass is 16.6. The molecule has 17 nitrogen and oxygen atoms in total. The Morgan fingerprint density at radius 1 is 0.884 bits per heavy atom. The summed E-state index contributed by atoms with van der Waals surface area (Å²) in [7, 11) is 4.61. The van der Waals surface area contributed by atoms with Gasteiger partial charge in [0.25, 0.3) is 11.7 Å². The Kier molecular flexibility index (Phi) is 20.8. The maximum atomic E-state index is 14.5. The van der Waals surface area contributed by atoms with E-state index in [9.17, 15) is 34.2 Å². The second-order valence-electron chi connectivity index (χ2n) is 20.3. The van der Waals surface area contributed by atoms with Gasteiger partial charge >= 0.3 is 5.97 Å². The van der Waals surface area contributed by atoms with Gasteiger partial charge in [-0.2, -0.15) is 4.80 Å². The summed E-state index contributed by atoms with van der Waals surface area (Å²) in [4.78, 5) is 73.9. The average molecular weight is 966 g/mol. The summed E-state index contributed by atoms with van der Waals surface area (Å²) in [5.74, 6) is -7.94. The van der Waals surface area contributed by atoms with Crippen LogP contribution in [0.2, 0.25) is 0 Å². The number of amides is 1. The van der Waals surface area contributed by atoms with Crippen LogP contribution in [0.1, 0.15) is 132 Å². The summed E-state index contributed by atoms with van der Waals surface area (Å²) < 4.78 is 29.9. The molecule has 3 aliphatic heterocycles. The smallest absolute Gasteiger partial charge is 0.329 e. The zero-order chi connectivity index (χ0) is 50.6. The molecule has 1 aromatic heterocycles. The first-order valence-electron chi connectivity index (χ1n) is 25.0. The molecule has 0 radical (unpaired) electrons. The molecule has 1 aliphatic carbocycles. The second-order valence-corrected chi connectivity index (χ2v) is 20.3. The van der Waals surface area contributed by atoms with E-state index >= 15 is 0 Å². The number of Topliss-reactive ketones (excluding diaryl/α,β-unsaturated/α-hetero) is 3. The highest BCUT2D eigenvalue weighted by molar-refractivity contribution is 6.39. The number of aliphatic hydroxyl groups is 2. The van der Waals surface area contributed by atoms with Gasteiger partial charge in [-0.3, -0.25) is 19.2 Å². The van der Waals surface area contributed by atoms with Crippen molar-refractivity contribution in [3.8, 4) is 0 Å². The van der Waals surface area contributed by atoms with E-state index in [1.54, 1.807) is 45.9 Å². The van der Waals surface area contributed by atoms with Crippen molar-refractivity contribution in [3.05, 3.63) is 53.9 Å². The van der Waals surface area contributed by atoms with Crippen molar-refractivity contribution < 1.29 is 57.9 Å². The summed E-state index contributed by atoms with van der Waals surface area (Å²) in [6.07, 6.45) is 13.7. The Morgan fingerprint density at radius 2 is 1.64 bits per heavy atom. The Morgan fingerprint density at radius 3 is 2.32 bits per heavy atom. The average Bonchev–Trinajstić information content (AvgIpc) is 3.88. The molecule has 69 heavy (non-hydrogen) atoms. The number of ether oxygens (including phenoxy) is 5. The van der Waals surface area contributed by atoms with Crippen LogP contribution in [-0.4, -0.2) is 141 Å². The Labute approximate surface area is 408 Å². The minimum Gasteiger partial charge on any atom is -0.460 e. The highest BCUT2D eigenvalue weighted by Crippen LogP contribution is 2.39. The summed E-state index contributed by atoms with van der Waals surface area (Å²) in [6, 6.07) is -1.24. The van der Waals surface area contributed by atoms with Crippen LogP contribution in [0, 0.1) is 35.5 Å². The number of esters is 1. The molecule has 5 rings (SSSR count). The number of carbonyl (C=O) groups excluding carboxylic acids is 5. The van der Waals surface area contributed by atoms with Gasteiger partial charge in [0, 0.05) is 58.5 Å². The molecule has 17 heteroatoms. The molecule has 1 aromatic rings. The van der Waals surface area contributed by atoms with Gasteiger partial charge in [0.1, 0.15) is 30.1 Å². The van der Waals surface area contributed by atoms with E-state index in [4.69, 9.17) is 23.7 Å². The third-order valence-corrected chi connectivity index (χ3v) is 15.1. The van der Waals surface area contributed by atoms with Gasteiger partial charge in [-0.05, 0) is 112 Å². The number of cyclic esters (lactones) is 1. The number of nitrogens with zero attached hydrogens (tertiary/aromatic N) is 5. The number of methoxy groups -OCH3 is 3. The van der Waals surface area contributed by atoms with E-state index in [1.807, 2.05) is 58.1 Å². The van der Waals surface area contributed by atoms with E-state index in [0.29, 0.717) is 56.9 Å². The number of fused-ring (bicyclic) bond motifs is 3. The maximum Gasteiger partial charge on any atom is 0.329 e. The molecule has 15 atom stereocenters. The quantitative estimate of drug-likeness (QED) is 0.181. The molecule has 4 heterocycles. The summed E-state index contributed by atoms with van der Waals surface area (Å²) in [5, 5.41) is 35.7. The lowest BCUT2D eigenvalue weighted by Gasteiger charge is -2.42. The van der Waals surface area contributed by atoms with Gasteiger partial charge < -0.3 is 38.8 Å². The van der Waals surface area contributed by atoms with Crippen LogP contribution < -0.4 is 0 Å². The van der Waals surface area contributed by atoms with E-state index in [2.05, 4.69) is 15.4 Å². The second kappa shape index (κ2) is 25.7. The highest BCUT2D eigenvalue weighted by Gasteiger charge is 2.53. The first kappa shape index (κ1) is 55.7. The van der Waals surface area contributed by atoms with Gasteiger partial charge in [-0.1, -0.05) is 71.1 Å². The standard InChI is InChI=1S/C52H79N5O12/c1-31-16-12-11-13-17-32(2)43(65-8)28-39-21-19-37(7)52(64,69-39)49(61)50(62)56-23-15-14-18-41(56)51(63)68-44(34(4)26-38-20-22-40(45(27-38)66-9)57-54-30-53-55-57)29-42(58)33(3)25-36(6)47(60)48(67-10)46(59)35(5)24-31/h11-13,16-17,25,30-31,33-35,37-41,43-45,47-48,60,64H,14-15,18-24,26-29H2,1-10H3/t31-,33-,34-,35?,37-,38?,39+,40+,41?,43+,44+,45?,47-,48?,52-/m1/s1. The minimum absolute atomic E-state index is 0.0168. The fourth-order valence-electron chi connectivity index (χ4n) is 10.7. The van der Waals surface area contributed by atoms with E-state index in [0.717, 1.165) is 18.4 Å². The Hall–Kier alpha value is -4.26. The van der Waals surface area contributed by atoms with Crippen molar-refractivity contribution in [2.24, 2.45) is 35.5 Å². The Balaban J connectivity index is 1.46. The number of rotatable bonds is 7. The van der Waals surface area contributed by atoms with E-state index in [-0.39, 0.29) is 60.9 Å². The zero-order valence-electron chi connectivity index (χ0n) is 42.5. The maximum absolute atomic E-state index is 14.5. The molecule has 3 fully saturated rings. The number of tetrazole rings is 1. The molecule has 0 spiro atoms. The molecule has 1 saturated carbocycles. The number of piperidine rings is 1. The normalized spacial score (nSPS) is 36.3. The number of carbonyl (C=O) groups is 5. The molecule has 4 aliphatic rings. The van der Waals surface area contributed by atoms with Crippen molar-refractivity contribution in [2.45, 2.75) is 180 Å². The SMILES string of the molecule is COC1C(=O)C(C)C[C@H](C)C=CC=CC=C(C)[C@@H](OC)C[C@@H]2CC[C@@H](C)[C@@](O)(O2)C(=O)C(=O)N2CCCCC2C(=O)O[C@H]([C@H](C)CC2CC[C@H](n3ncnn3)C(OC)C2)CC(=O)[C@H](C)C=C(C)[C@H]1O. The molecular weight excluding hydrogens is 887 g/mol. The lowest BCUT2D eigenvalue weighted by atomic mass is 9.77. The van der Waals surface area contributed by atoms with Crippen LogP contribution in [0.3, 0.4) is 0 Å². The largest absolute Gasteiger partial charge is 0.460 e. The van der Waals surface area contributed by atoms with Crippen LogP contribution >= 0.6 is 0 Å². The van der Waals surface area contributed by atoms with Gasteiger partial charge in [-0.15, -0.1) is 10.2 Å². The van der Waals surface area contributed by atoms with E-state index in [1.165, 1.54) is 18.3 Å². The number of allylic oxidation sites excluding steroid dienone is 6. The summed E-state index contributed by atoms with van der Waals surface area (Å²) in [5.41, 5.74) is 1.27. The first-order valence-corrected chi connectivity index (χ1v) is 25.0. The molecule has 2 saturated heterocycles. The predicted octanol–water partition coefficient (Wildman–Crippen LogP) is 6.05. The molecular formula is C52H79N5O12. The molecule has 1 amide bonds. The lowest BCUT2D eigenvalue weighted by Crippen LogP contribution is -2.61. The molecule has 384 valence electrons. The number of aliphatic hydroxyl groups excluding tert-OH is 1. The van der Waals surface area contributed by atoms with Gasteiger partial charge in [0.05, 0.1) is 24.4 Å². The van der Waals surface area contributed by atoms with Crippen molar-refractivity contribution in [1.29, 1.82) is 0 Å². The van der Waals surface area contributed by atoms with Gasteiger partial charge in [-0.25, -0.2) is 4.79 Å². The fourth-order valence-corrected chi connectivity index (χ4v) is 10.7. The molecule has 0 aromatic carbocycles. The minimum atomic E-state index is -2.43. The number of ketones is 3. The number of aromatic nitrogens is 4. The number of hydrogen-bond acceptors (Lipinski definition) is 15. The third kappa shape index (κ3) is 14.2. The topological polar surface area (TPSA) is 219 Å². The van der Waals surface area contributed by atoms with Crippen molar-refractivity contribution >= 4 is 29.2 Å². The van der Waals surface area contributed by atoms with Crippen LogP contribution in [0.4, 0.5) is 0 Å².